The fourth-order valence-corrected chi connectivity index (χ4v) is 2.81. The van der Waals surface area contributed by atoms with E-state index in [1.165, 1.54) is 10.9 Å². The Morgan fingerprint density at radius 1 is 1.28 bits per heavy atom. The van der Waals surface area contributed by atoms with Crippen molar-refractivity contribution in [1.82, 2.24) is 25.2 Å². The summed E-state index contributed by atoms with van der Waals surface area (Å²) in [5.41, 5.74) is 7.63. The normalized spacial score (nSPS) is 14.7. The van der Waals surface area contributed by atoms with Crippen molar-refractivity contribution < 1.29 is 4.79 Å². The van der Waals surface area contributed by atoms with Gasteiger partial charge in [-0.3, -0.25) is 14.9 Å². The lowest BCUT2D eigenvalue weighted by atomic mass is 10.1. The average Bonchev–Trinajstić information content (AvgIpc) is 2.67. The van der Waals surface area contributed by atoms with Crippen molar-refractivity contribution in [2.24, 2.45) is 0 Å². The molecule has 1 amide bonds. The first-order chi connectivity index (χ1) is 12.0. The molecule has 0 saturated carbocycles. The van der Waals surface area contributed by atoms with Crippen molar-refractivity contribution in [3.05, 3.63) is 39.6 Å². The van der Waals surface area contributed by atoms with Crippen molar-refractivity contribution in [2.75, 3.05) is 24.3 Å². The average molecular weight is 343 g/mol. The van der Waals surface area contributed by atoms with Crippen LogP contribution in [0.4, 0.5) is 17.3 Å². The van der Waals surface area contributed by atoms with Gasteiger partial charge in [0.25, 0.3) is 11.5 Å². The lowest BCUT2D eigenvalue weighted by Gasteiger charge is -2.17. The molecule has 3 heterocycles. The van der Waals surface area contributed by atoms with Gasteiger partial charge in [-0.2, -0.15) is 0 Å². The topological polar surface area (TPSA) is 127 Å². The Balaban J connectivity index is 2.08. The Labute approximate surface area is 144 Å². The van der Waals surface area contributed by atoms with Crippen LogP contribution in [0.3, 0.4) is 0 Å². The number of hydrogen-bond acceptors (Lipinski definition) is 7. The molecule has 1 aliphatic heterocycles. The number of carbonyl (C=O) groups excluding carboxylic acids is 1. The molecule has 0 aliphatic carbocycles. The van der Waals surface area contributed by atoms with Gasteiger partial charge in [0.15, 0.2) is 0 Å². The van der Waals surface area contributed by atoms with Gasteiger partial charge in [-0.15, -0.1) is 0 Å². The van der Waals surface area contributed by atoms with Gasteiger partial charge in [0, 0.05) is 12.1 Å². The minimum Gasteiger partial charge on any atom is -0.383 e. The summed E-state index contributed by atoms with van der Waals surface area (Å²) in [5, 5.41) is 8.90. The molecule has 132 valence electrons. The molecule has 1 aliphatic rings. The third-order valence-electron chi connectivity index (χ3n) is 4.18. The first-order valence-electron chi connectivity index (χ1n) is 8.06. The maximum absolute atomic E-state index is 12.9. The van der Waals surface area contributed by atoms with Crippen LogP contribution in [0.25, 0.3) is 0 Å². The molecule has 0 spiro atoms. The minimum absolute atomic E-state index is 0.266. The fourth-order valence-electron chi connectivity index (χ4n) is 2.81. The van der Waals surface area contributed by atoms with Gasteiger partial charge >= 0.3 is 0 Å². The zero-order chi connectivity index (χ0) is 18.0. The molecular formula is C16H21N7O2. The third kappa shape index (κ3) is 3.31. The molecule has 0 unspecified atom stereocenters. The third-order valence-corrected chi connectivity index (χ3v) is 4.18. The van der Waals surface area contributed by atoms with E-state index in [0.29, 0.717) is 53.9 Å². The summed E-state index contributed by atoms with van der Waals surface area (Å²) in [4.78, 5) is 33.4. The van der Waals surface area contributed by atoms with E-state index in [2.05, 4.69) is 25.9 Å². The van der Waals surface area contributed by atoms with Crippen LogP contribution in [0.15, 0.2) is 17.2 Å². The molecule has 0 aromatic carbocycles. The SMILES string of the molecule is Cc1cc(Nc2ncnc(N)c2C)c(=O)n2c1C(=O)NCNCCC2. The number of carbonyl (C=O) groups is 1. The summed E-state index contributed by atoms with van der Waals surface area (Å²) < 4.78 is 1.51. The molecule has 0 saturated heterocycles. The number of nitrogens with two attached hydrogens (primary N) is 1. The predicted octanol–water partition coefficient (Wildman–Crippen LogP) is 0.262. The Morgan fingerprint density at radius 2 is 2.08 bits per heavy atom. The van der Waals surface area contributed by atoms with Gasteiger partial charge in [-0.1, -0.05) is 0 Å². The van der Waals surface area contributed by atoms with Gasteiger partial charge < -0.3 is 20.9 Å². The number of aryl methyl sites for hydroxylation is 1. The highest BCUT2D eigenvalue weighted by Crippen LogP contribution is 2.20. The standard InChI is InChI=1S/C16H21N7O2/c1-9-6-11(22-14-10(2)13(17)19-8-20-14)16(25)23-5-3-4-18-7-21-15(24)12(9)23/h6,8,18H,3-5,7H2,1-2H3,(H,21,24)(H3,17,19,20,22). The fraction of sp³-hybridized carbons (Fsp3) is 0.375. The summed E-state index contributed by atoms with van der Waals surface area (Å²) in [5.74, 6) is 0.555. The van der Waals surface area contributed by atoms with Crippen molar-refractivity contribution in [3.63, 3.8) is 0 Å². The first kappa shape index (κ1) is 16.9. The predicted molar refractivity (Wildman–Crippen MR) is 94.9 cm³/mol. The Bertz CT molecular complexity index is 876. The Morgan fingerprint density at radius 3 is 2.88 bits per heavy atom. The molecule has 3 rings (SSSR count). The number of aromatic nitrogens is 3. The van der Waals surface area contributed by atoms with E-state index < -0.39 is 0 Å². The van der Waals surface area contributed by atoms with Gasteiger partial charge in [-0.25, -0.2) is 9.97 Å². The van der Waals surface area contributed by atoms with Crippen LogP contribution < -0.4 is 27.2 Å². The number of nitrogen functional groups attached to an aromatic ring is 1. The Hall–Kier alpha value is -2.94. The quantitative estimate of drug-likeness (QED) is 0.616. The van der Waals surface area contributed by atoms with Crippen LogP contribution in [0.1, 0.15) is 28.0 Å². The van der Waals surface area contributed by atoms with Gasteiger partial charge in [0.2, 0.25) is 0 Å². The second kappa shape index (κ2) is 6.89. The zero-order valence-electron chi connectivity index (χ0n) is 14.2. The lowest BCUT2D eigenvalue weighted by Crippen LogP contribution is -2.36. The second-order valence-corrected chi connectivity index (χ2v) is 5.94. The first-order valence-corrected chi connectivity index (χ1v) is 8.06. The maximum Gasteiger partial charge on any atom is 0.274 e. The van der Waals surface area contributed by atoms with Gasteiger partial charge in [-0.05, 0) is 38.4 Å². The molecule has 2 aromatic rings. The molecule has 0 fully saturated rings. The zero-order valence-corrected chi connectivity index (χ0v) is 14.2. The monoisotopic (exact) mass is 343 g/mol. The summed E-state index contributed by atoms with van der Waals surface area (Å²) in [6.07, 6.45) is 2.08. The van der Waals surface area contributed by atoms with E-state index in [1.54, 1.807) is 13.0 Å². The van der Waals surface area contributed by atoms with Crippen LogP contribution >= 0.6 is 0 Å². The summed E-state index contributed by atoms with van der Waals surface area (Å²) in [6.45, 7) is 5.13. The van der Waals surface area contributed by atoms with E-state index in [9.17, 15) is 9.59 Å². The largest absolute Gasteiger partial charge is 0.383 e. The lowest BCUT2D eigenvalue weighted by molar-refractivity contribution is 0.0941. The van der Waals surface area contributed by atoms with Crippen LogP contribution in [0, 0.1) is 13.8 Å². The van der Waals surface area contributed by atoms with Crippen LogP contribution in [0.2, 0.25) is 0 Å². The summed E-state index contributed by atoms with van der Waals surface area (Å²) in [6, 6.07) is 1.66. The number of amides is 1. The number of nitrogens with zero attached hydrogens (tertiary/aromatic N) is 3. The number of anilines is 3. The summed E-state index contributed by atoms with van der Waals surface area (Å²) >= 11 is 0. The Kier molecular flexibility index (Phi) is 4.66. The number of pyridine rings is 1. The number of fused-ring (bicyclic) bond motifs is 1. The molecule has 0 radical (unpaired) electrons. The highest BCUT2D eigenvalue weighted by Gasteiger charge is 2.20. The van der Waals surface area contributed by atoms with Crippen molar-refractivity contribution in [2.45, 2.75) is 26.8 Å². The molecule has 9 nitrogen and oxygen atoms in total. The molecule has 9 heteroatoms. The maximum atomic E-state index is 12.9. The van der Waals surface area contributed by atoms with Gasteiger partial charge in [0.05, 0.1) is 6.67 Å². The molecular weight excluding hydrogens is 322 g/mol. The van der Waals surface area contributed by atoms with Gasteiger partial charge in [0.1, 0.15) is 29.3 Å². The highest BCUT2D eigenvalue weighted by molar-refractivity contribution is 5.94. The van der Waals surface area contributed by atoms with E-state index in [4.69, 9.17) is 5.73 Å². The van der Waals surface area contributed by atoms with E-state index in [0.717, 1.165) is 6.42 Å². The van der Waals surface area contributed by atoms with Crippen LogP contribution in [-0.4, -0.2) is 33.7 Å². The molecule has 2 aromatic heterocycles. The van der Waals surface area contributed by atoms with Crippen LogP contribution in [-0.2, 0) is 6.54 Å². The molecule has 5 N–H and O–H groups in total. The number of hydrogen-bond donors (Lipinski definition) is 4. The minimum atomic E-state index is -0.269. The van der Waals surface area contributed by atoms with E-state index in [1.807, 2.05) is 6.92 Å². The van der Waals surface area contributed by atoms with Crippen LogP contribution in [0.5, 0.6) is 0 Å². The highest BCUT2D eigenvalue weighted by atomic mass is 16.2. The smallest absolute Gasteiger partial charge is 0.274 e. The molecule has 0 bridgehead atoms. The number of nitrogens with one attached hydrogen (secondary N) is 3. The summed E-state index contributed by atoms with van der Waals surface area (Å²) in [7, 11) is 0. The molecule has 0 atom stereocenters. The van der Waals surface area contributed by atoms with Crippen molar-refractivity contribution in [1.29, 1.82) is 0 Å². The van der Waals surface area contributed by atoms with Crippen molar-refractivity contribution >= 4 is 23.2 Å². The van der Waals surface area contributed by atoms with E-state index >= 15 is 0 Å². The van der Waals surface area contributed by atoms with Crippen molar-refractivity contribution in [3.8, 4) is 0 Å². The number of rotatable bonds is 2. The van der Waals surface area contributed by atoms with E-state index in [-0.39, 0.29) is 11.5 Å². The molecule has 25 heavy (non-hydrogen) atoms. The second-order valence-electron chi connectivity index (χ2n) is 5.94.